The second-order valence-electron chi connectivity index (χ2n) is 8.48. The summed E-state index contributed by atoms with van der Waals surface area (Å²) >= 11 is 0.104. The molecule has 0 heterocycles. The Morgan fingerprint density at radius 2 is 1.92 bits per heavy atom. The first-order chi connectivity index (χ1) is 12.2. The van der Waals surface area contributed by atoms with Crippen LogP contribution in [0.3, 0.4) is 0 Å². The average molecular weight is 419 g/mol. The first kappa shape index (κ1) is 19.4. The molecule has 3 unspecified atom stereocenters. The second-order valence-corrected chi connectivity index (χ2v) is 10.9. The second kappa shape index (κ2) is 6.98. The van der Waals surface area contributed by atoms with Crippen LogP contribution in [0.1, 0.15) is 40.0 Å². The standard InChI is InChI=1S/C22H28O3Se/c1-14(20(24)25-5)11-12-22(4)17-13-16(21(17,2)3)18(23)19(22)26-15-9-7-6-8-10-15/h6-10,16-17,19H,1,11-13H2,2-5H3/t16?,17?,19?,22-/m1/s1. The first-order valence-electron chi connectivity index (χ1n) is 9.23. The van der Waals surface area contributed by atoms with Crippen molar-refractivity contribution in [2.75, 3.05) is 7.11 Å². The summed E-state index contributed by atoms with van der Waals surface area (Å²) in [6.07, 6.45) is 2.40. The van der Waals surface area contributed by atoms with Crippen LogP contribution < -0.4 is 4.46 Å². The number of carbonyl (C=O) groups is 2. The first-order valence-corrected chi connectivity index (χ1v) is 11.1. The van der Waals surface area contributed by atoms with Crippen LogP contribution in [0, 0.1) is 22.7 Å². The molecule has 0 amide bonds. The van der Waals surface area contributed by atoms with E-state index in [1.165, 1.54) is 11.6 Å². The van der Waals surface area contributed by atoms with Gasteiger partial charge in [-0.25, -0.2) is 0 Å². The Morgan fingerprint density at radius 1 is 1.27 bits per heavy atom. The molecule has 1 aromatic carbocycles. The molecule has 2 bridgehead atoms. The van der Waals surface area contributed by atoms with Crippen molar-refractivity contribution in [1.29, 1.82) is 0 Å². The number of benzene rings is 1. The molecule has 1 aromatic rings. The molecule has 3 aliphatic rings. The molecule has 3 saturated carbocycles. The molecule has 0 radical (unpaired) electrons. The number of ether oxygens (including phenoxy) is 1. The Kier molecular flexibility index (Phi) is 5.20. The van der Waals surface area contributed by atoms with Gasteiger partial charge in [0.15, 0.2) is 0 Å². The van der Waals surface area contributed by atoms with E-state index in [1.54, 1.807) is 0 Å². The zero-order valence-corrected chi connectivity index (χ0v) is 17.8. The summed E-state index contributed by atoms with van der Waals surface area (Å²) in [7, 11) is 1.39. The van der Waals surface area contributed by atoms with E-state index >= 15 is 0 Å². The van der Waals surface area contributed by atoms with Crippen LogP contribution in [-0.4, -0.2) is 33.8 Å². The molecule has 3 aliphatic carbocycles. The van der Waals surface area contributed by atoms with Crippen molar-refractivity contribution in [3.05, 3.63) is 42.5 Å². The quantitative estimate of drug-likeness (QED) is 0.402. The minimum atomic E-state index is -0.341. The van der Waals surface area contributed by atoms with Crippen molar-refractivity contribution >= 4 is 31.2 Å². The number of carbonyl (C=O) groups excluding carboxylic acids is 2. The molecule has 4 rings (SSSR count). The molecular weight excluding hydrogens is 391 g/mol. The fourth-order valence-corrected chi connectivity index (χ4v) is 7.99. The predicted octanol–water partition coefficient (Wildman–Crippen LogP) is 3.57. The molecule has 3 fully saturated rings. The van der Waals surface area contributed by atoms with Gasteiger partial charge in [0.1, 0.15) is 0 Å². The van der Waals surface area contributed by atoms with Crippen molar-refractivity contribution in [3.63, 3.8) is 0 Å². The van der Waals surface area contributed by atoms with Gasteiger partial charge in [-0.2, -0.15) is 0 Å². The van der Waals surface area contributed by atoms with Gasteiger partial charge in [0, 0.05) is 0 Å². The summed E-state index contributed by atoms with van der Waals surface area (Å²) in [5.41, 5.74) is 0.468. The van der Waals surface area contributed by atoms with Crippen molar-refractivity contribution in [2.24, 2.45) is 22.7 Å². The van der Waals surface area contributed by atoms with E-state index in [4.69, 9.17) is 4.74 Å². The molecule has 0 spiro atoms. The van der Waals surface area contributed by atoms with Crippen molar-refractivity contribution in [2.45, 2.75) is 44.9 Å². The molecule has 140 valence electrons. The van der Waals surface area contributed by atoms with Crippen molar-refractivity contribution < 1.29 is 14.3 Å². The van der Waals surface area contributed by atoms with Gasteiger partial charge >= 0.3 is 163 Å². The Labute approximate surface area is 162 Å². The number of rotatable bonds is 6. The third-order valence-corrected chi connectivity index (χ3v) is 9.95. The Hall–Kier alpha value is -1.38. The summed E-state index contributed by atoms with van der Waals surface area (Å²) in [5, 5.41) is 0. The van der Waals surface area contributed by atoms with Gasteiger partial charge in [0.05, 0.1) is 0 Å². The van der Waals surface area contributed by atoms with Gasteiger partial charge in [-0.1, -0.05) is 0 Å². The number of ketones is 1. The van der Waals surface area contributed by atoms with E-state index < -0.39 is 0 Å². The Balaban J connectivity index is 1.86. The number of hydrogen-bond donors (Lipinski definition) is 0. The zero-order valence-electron chi connectivity index (χ0n) is 16.1. The topological polar surface area (TPSA) is 43.4 Å². The van der Waals surface area contributed by atoms with Gasteiger partial charge in [-0.05, 0) is 0 Å². The number of esters is 1. The third kappa shape index (κ3) is 3.08. The molecule has 26 heavy (non-hydrogen) atoms. The summed E-state index contributed by atoms with van der Waals surface area (Å²) in [6.45, 7) is 10.6. The van der Waals surface area contributed by atoms with Crippen molar-refractivity contribution in [1.82, 2.24) is 0 Å². The summed E-state index contributed by atoms with van der Waals surface area (Å²) in [6, 6.07) is 10.4. The van der Waals surface area contributed by atoms with Gasteiger partial charge < -0.3 is 0 Å². The monoisotopic (exact) mass is 420 g/mol. The molecule has 0 N–H and O–H groups in total. The predicted molar refractivity (Wildman–Crippen MR) is 104 cm³/mol. The molecule has 4 atom stereocenters. The summed E-state index contributed by atoms with van der Waals surface area (Å²) in [5.74, 6) is 0.804. The van der Waals surface area contributed by atoms with Gasteiger partial charge in [-0.15, -0.1) is 0 Å². The fraction of sp³-hybridized carbons (Fsp3) is 0.545. The fourth-order valence-electron chi connectivity index (χ4n) is 5.02. The van der Waals surface area contributed by atoms with E-state index in [2.05, 4.69) is 39.5 Å². The Morgan fingerprint density at radius 3 is 2.50 bits per heavy atom. The molecule has 0 saturated heterocycles. The molecule has 3 nitrogen and oxygen atoms in total. The van der Waals surface area contributed by atoms with Gasteiger partial charge in [-0.3, -0.25) is 0 Å². The van der Waals surface area contributed by atoms with E-state index in [-0.39, 0.29) is 42.5 Å². The normalized spacial score (nSPS) is 31.8. The maximum atomic E-state index is 13.3. The third-order valence-electron chi connectivity index (χ3n) is 6.70. The maximum absolute atomic E-state index is 13.3. The van der Waals surface area contributed by atoms with Gasteiger partial charge in [0.2, 0.25) is 0 Å². The summed E-state index contributed by atoms with van der Waals surface area (Å²) < 4.78 is 6.08. The van der Waals surface area contributed by atoms with Crippen LogP contribution >= 0.6 is 0 Å². The minimum absolute atomic E-state index is 0.0572. The van der Waals surface area contributed by atoms with E-state index in [0.29, 0.717) is 23.7 Å². The molecule has 0 aliphatic heterocycles. The van der Waals surface area contributed by atoms with Crippen LogP contribution in [0.25, 0.3) is 0 Å². The number of hydrogen-bond acceptors (Lipinski definition) is 3. The van der Waals surface area contributed by atoms with Crippen LogP contribution in [0.15, 0.2) is 42.5 Å². The Bertz CT molecular complexity index is 724. The van der Waals surface area contributed by atoms with Crippen LogP contribution in [0.5, 0.6) is 0 Å². The average Bonchev–Trinajstić information content (AvgIpc) is 2.62. The van der Waals surface area contributed by atoms with Crippen molar-refractivity contribution in [3.8, 4) is 0 Å². The SMILES string of the molecule is C=C(CC[C@@]1(C)C([Se]c2ccccc2)C(=O)C2CC1C2(C)C)C(=O)OC. The molecule has 0 aromatic heterocycles. The zero-order chi connectivity index (χ0) is 19.1. The van der Waals surface area contributed by atoms with E-state index in [1.807, 2.05) is 18.2 Å². The van der Waals surface area contributed by atoms with E-state index in [9.17, 15) is 9.59 Å². The number of methoxy groups -OCH3 is 1. The van der Waals surface area contributed by atoms with Gasteiger partial charge in [0.25, 0.3) is 0 Å². The molecular formula is C22H28O3Se. The number of fused-ring (bicyclic) bond motifs is 2. The molecule has 4 heteroatoms. The van der Waals surface area contributed by atoms with E-state index in [0.717, 1.165) is 12.8 Å². The van der Waals surface area contributed by atoms with Crippen LogP contribution in [0.4, 0.5) is 0 Å². The van der Waals surface area contributed by atoms with Crippen LogP contribution in [0.2, 0.25) is 4.82 Å². The summed E-state index contributed by atoms with van der Waals surface area (Å²) in [4.78, 5) is 25.2. The number of Topliss-reactive ketones (excluding diaryl/α,β-unsaturated/α-hetero) is 1. The van der Waals surface area contributed by atoms with Crippen LogP contribution in [-0.2, 0) is 14.3 Å².